The van der Waals surface area contributed by atoms with Gasteiger partial charge >= 0.3 is 5.97 Å². The minimum absolute atomic E-state index is 0.249. The van der Waals surface area contributed by atoms with Gasteiger partial charge in [0.05, 0.1) is 18.3 Å². The number of carbonyl (C=O) groups is 1. The summed E-state index contributed by atoms with van der Waals surface area (Å²) in [7, 11) is 1.67. The summed E-state index contributed by atoms with van der Waals surface area (Å²) in [5.74, 6) is 0.442. The number of piperazine rings is 1. The van der Waals surface area contributed by atoms with Crippen LogP contribution in [0.15, 0.2) is 54.6 Å². The molecule has 2 heterocycles. The maximum atomic E-state index is 11.8. The van der Waals surface area contributed by atoms with Crippen molar-refractivity contribution in [3.8, 4) is 5.75 Å². The first kappa shape index (κ1) is 17.1. The highest BCUT2D eigenvalue weighted by Crippen LogP contribution is 2.30. The van der Waals surface area contributed by atoms with Gasteiger partial charge in [-0.1, -0.05) is 30.3 Å². The highest BCUT2D eigenvalue weighted by atomic mass is 16.5. The monoisotopic (exact) mass is 363 g/mol. The number of nitrogens with zero attached hydrogens (tertiary/aromatic N) is 3. The molecule has 4 rings (SSSR count). The SMILES string of the molecule is COc1ccccc1N1CCN(c2nc3ccccc3cc2C(=O)O)CC1. The fourth-order valence-corrected chi connectivity index (χ4v) is 3.55. The fourth-order valence-electron chi connectivity index (χ4n) is 3.55. The van der Waals surface area contributed by atoms with Crippen molar-refractivity contribution >= 4 is 28.4 Å². The Labute approximate surface area is 157 Å². The second-order valence-electron chi connectivity index (χ2n) is 6.50. The summed E-state index contributed by atoms with van der Waals surface area (Å²) in [5, 5.41) is 10.5. The molecule has 0 bridgehead atoms. The average Bonchev–Trinajstić information content (AvgIpc) is 2.73. The van der Waals surface area contributed by atoms with E-state index in [2.05, 4.69) is 14.8 Å². The van der Waals surface area contributed by atoms with E-state index in [0.717, 1.165) is 35.4 Å². The van der Waals surface area contributed by atoms with Crippen LogP contribution in [0.3, 0.4) is 0 Å². The molecule has 0 aliphatic carbocycles. The van der Waals surface area contributed by atoms with Gasteiger partial charge in [-0.25, -0.2) is 9.78 Å². The summed E-state index contributed by atoms with van der Waals surface area (Å²) in [6.07, 6.45) is 0. The molecule has 0 spiro atoms. The molecule has 1 aromatic heterocycles. The fraction of sp³-hybridized carbons (Fsp3) is 0.238. The number of aromatic carboxylic acids is 1. The molecular weight excluding hydrogens is 342 g/mol. The van der Waals surface area contributed by atoms with Gasteiger partial charge in [0.1, 0.15) is 17.1 Å². The average molecular weight is 363 g/mol. The number of hydrogen-bond donors (Lipinski definition) is 1. The zero-order valence-electron chi connectivity index (χ0n) is 15.1. The normalized spacial score (nSPS) is 14.4. The number of benzene rings is 2. The number of aromatic nitrogens is 1. The number of anilines is 2. The van der Waals surface area contributed by atoms with Crippen LogP contribution in [0.4, 0.5) is 11.5 Å². The molecule has 2 aromatic carbocycles. The van der Waals surface area contributed by atoms with Gasteiger partial charge in [-0.3, -0.25) is 0 Å². The van der Waals surface area contributed by atoms with E-state index in [1.54, 1.807) is 13.2 Å². The number of ether oxygens (including phenoxy) is 1. The molecule has 3 aromatic rings. The van der Waals surface area contributed by atoms with Crippen molar-refractivity contribution in [1.29, 1.82) is 0 Å². The van der Waals surface area contributed by atoms with Crippen LogP contribution in [0.5, 0.6) is 5.75 Å². The minimum atomic E-state index is -0.949. The minimum Gasteiger partial charge on any atom is -0.495 e. The molecule has 1 saturated heterocycles. The lowest BCUT2D eigenvalue weighted by molar-refractivity contribution is 0.0697. The van der Waals surface area contributed by atoms with Crippen molar-refractivity contribution < 1.29 is 14.6 Å². The Morgan fingerprint density at radius 2 is 1.67 bits per heavy atom. The number of rotatable bonds is 4. The lowest BCUT2D eigenvalue weighted by atomic mass is 10.1. The Hall–Kier alpha value is -3.28. The Balaban J connectivity index is 1.61. The van der Waals surface area contributed by atoms with Gasteiger partial charge < -0.3 is 19.6 Å². The number of fused-ring (bicyclic) bond motifs is 1. The molecule has 0 radical (unpaired) electrons. The van der Waals surface area contributed by atoms with E-state index in [-0.39, 0.29) is 5.56 Å². The third-order valence-corrected chi connectivity index (χ3v) is 4.94. The Kier molecular flexibility index (Phi) is 4.54. The van der Waals surface area contributed by atoms with Crippen molar-refractivity contribution in [3.63, 3.8) is 0 Å². The van der Waals surface area contributed by atoms with Crippen molar-refractivity contribution in [1.82, 2.24) is 4.98 Å². The highest BCUT2D eigenvalue weighted by Gasteiger charge is 2.24. The first-order valence-electron chi connectivity index (χ1n) is 8.93. The van der Waals surface area contributed by atoms with Crippen LogP contribution in [-0.4, -0.2) is 49.3 Å². The van der Waals surface area contributed by atoms with Crippen LogP contribution in [0.1, 0.15) is 10.4 Å². The van der Waals surface area contributed by atoms with E-state index in [1.807, 2.05) is 48.5 Å². The number of hydrogen-bond acceptors (Lipinski definition) is 5. The standard InChI is InChI=1S/C21H21N3O3/c1-27-19-9-5-4-8-18(19)23-10-12-24(13-11-23)20-16(21(25)26)14-15-6-2-3-7-17(15)22-20/h2-9,14H,10-13H2,1H3,(H,25,26). The summed E-state index contributed by atoms with van der Waals surface area (Å²) in [6, 6.07) is 17.3. The Morgan fingerprint density at radius 3 is 2.41 bits per heavy atom. The number of carboxylic acids is 1. The lowest BCUT2D eigenvalue weighted by Crippen LogP contribution is -2.47. The van der Waals surface area contributed by atoms with Gasteiger partial charge in [-0.2, -0.15) is 0 Å². The summed E-state index contributed by atoms with van der Waals surface area (Å²) in [6.45, 7) is 2.94. The quantitative estimate of drug-likeness (QED) is 0.767. The van der Waals surface area contributed by atoms with Crippen molar-refractivity contribution in [2.75, 3.05) is 43.1 Å². The zero-order valence-corrected chi connectivity index (χ0v) is 15.1. The predicted octanol–water partition coefficient (Wildman–Crippen LogP) is 3.27. The largest absolute Gasteiger partial charge is 0.495 e. The number of carboxylic acid groups (broad SMARTS) is 1. The smallest absolute Gasteiger partial charge is 0.339 e. The predicted molar refractivity (Wildman–Crippen MR) is 106 cm³/mol. The van der Waals surface area contributed by atoms with E-state index in [4.69, 9.17) is 4.74 Å². The molecule has 1 N–H and O–H groups in total. The molecule has 0 unspecified atom stereocenters. The maximum Gasteiger partial charge on any atom is 0.339 e. The molecule has 1 fully saturated rings. The number of pyridine rings is 1. The molecule has 6 heteroatoms. The van der Waals surface area contributed by atoms with Gasteiger partial charge in [-0.15, -0.1) is 0 Å². The van der Waals surface area contributed by atoms with Gasteiger partial charge in [-0.05, 0) is 24.3 Å². The topological polar surface area (TPSA) is 65.9 Å². The summed E-state index contributed by atoms with van der Waals surface area (Å²) in [4.78, 5) is 20.8. The number of para-hydroxylation sites is 3. The molecule has 138 valence electrons. The summed E-state index contributed by atoms with van der Waals surface area (Å²) >= 11 is 0. The molecule has 0 amide bonds. The Bertz CT molecular complexity index is 981. The number of methoxy groups -OCH3 is 1. The third-order valence-electron chi connectivity index (χ3n) is 4.94. The van der Waals surface area contributed by atoms with Crippen molar-refractivity contribution in [2.24, 2.45) is 0 Å². The van der Waals surface area contributed by atoms with E-state index in [9.17, 15) is 9.90 Å². The van der Waals surface area contributed by atoms with Crippen LogP contribution >= 0.6 is 0 Å². The summed E-state index contributed by atoms with van der Waals surface area (Å²) < 4.78 is 5.46. The van der Waals surface area contributed by atoms with Gasteiger partial charge in [0.2, 0.25) is 0 Å². The van der Waals surface area contributed by atoms with Crippen LogP contribution in [0.2, 0.25) is 0 Å². The van der Waals surface area contributed by atoms with Gasteiger partial charge in [0, 0.05) is 31.6 Å². The van der Waals surface area contributed by atoms with Crippen molar-refractivity contribution in [2.45, 2.75) is 0 Å². The Morgan fingerprint density at radius 1 is 1.00 bits per heavy atom. The molecule has 1 aliphatic rings. The molecular formula is C21H21N3O3. The van der Waals surface area contributed by atoms with E-state index in [0.29, 0.717) is 18.9 Å². The molecule has 27 heavy (non-hydrogen) atoms. The maximum absolute atomic E-state index is 11.8. The van der Waals surface area contributed by atoms with Crippen molar-refractivity contribution in [3.05, 3.63) is 60.2 Å². The first-order valence-corrected chi connectivity index (χ1v) is 8.93. The molecule has 6 nitrogen and oxygen atoms in total. The van der Waals surface area contributed by atoms with Crippen LogP contribution < -0.4 is 14.5 Å². The third kappa shape index (κ3) is 3.26. The summed E-state index contributed by atoms with van der Waals surface area (Å²) in [5.41, 5.74) is 2.12. The van der Waals surface area contributed by atoms with Gasteiger partial charge in [0.25, 0.3) is 0 Å². The lowest BCUT2D eigenvalue weighted by Gasteiger charge is -2.37. The second-order valence-corrected chi connectivity index (χ2v) is 6.50. The molecule has 0 atom stereocenters. The van der Waals surface area contributed by atoms with E-state index >= 15 is 0 Å². The molecule has 0 saturated carbocycles. The first-order chi connectivity index (χ1) is 13.2. The zero-order chi connectivity index (χ0) is 18.8. The van der Waals surface area contributed by atoms with E-state index < -0.39 is 5.97 Å². The van der Waals surface area contributed by atoms with Gasteiger partial charge in [0.15, 0.2) is 0 Å². The van der Waals surface area contributed by atoms with Crippen LogP contribution in [0.25, 0.3) is 10.9 Å². The second kappa shape index (κ2) is 7.15. The highest BCUT2D eigenvalue weighted by molar-refractivity contribution is 5.98. The van der Waals surface area contributed by atoms with Crippen LogP contribution in [0, 0.1) is 0 Å². The van der Waals surface area contributed by atoms with E-state index in [1.165, 1.54) is 0 Å². The molecule has 1 aliphatic heterocycles. The van der Waals surface area contributed by atoms with Crippen LogP contribution in [-0.2, 0) is 0 Å².